The van der Waals surface area contributed by atoms with Gasteiger partial charge in [0, 0.05) is 22.9 Å². The molecule has 126 valence electrons. The first-order chi connectivity index (χ1) is 12.1. The molecule has 0 unspecified atom stereocenters. The molecule has 0 fully saturated rings. The molecule has 1 aromatic heterocycles. The number of benzene rings is 2. The molecule has 0 aliphatic heterocycles. The smallest absolute Gasteiger partial charge is 0.274 e. The Bertz CT molecular complexity index is 884. The summed E-state index contributed by atoms with van der Waals surface area (Å²) in [5, 5.41) is 6.49. The summed E-state index contributed by atoms with van der Waals surface area (Å²) in [6, 6.07) is 18.5. The summed E-state index contributed by atoms with van der Waals surface area (Å²) in [6.07, 6.45) is 0. The standard InChI is InChI=1S/C19H17ClN4O/c1-13-10-17(18(25)23-16-9-5-8-15(20)11-16)24-19(22-13)21-12-14-6-3-2-4-7-14/h2-11H,12H2,1H3,(H,23,25)(H,21,22,24). The van der Waals surface area contributed by atoms with Crippen LogP contribution in [0.25, 0.3) is 0 Å². The van der Waals surface area contributed by atoms with E-state index in [4.69, 9.17) is 11.6 Å². The first kappa shape index (κ1) is 16.9. The second-order valence-electron chi connectivity index (χ2n) is 5.52. The van der Waals surface area contributed by atoms with Gasteiger partial charge in [-0.1, -0.05) is 48.0 Å². The lowest BCUT2D eigenvalue weighted by Gasteiger charge is -2.09. The predicted molar refractivity (Wildman–Crippen MR) is 99.9 cm³/mol. The monoisotopic (exact) mass is 352 g/mol. The van der Waals surface area contributed by atoms with Crippen molar-refractivity contribution in [2.45, 2.75) is 13.5 Å². The Morgan fingerprint density at radius 2 is 1.84 bits per heavy atom. The van der Waals surface area contributed by atoms with Crippen LogP contribution in [-0.2, 0) is 6.54 Å². The molecule has 0 atom stereocenters. The van der Waals surface area contributed by atoms with E-state index in [1.54, 1.807) is 30.3 Å². The van der Waals surface area contributed by atoms with Crippen molar-refractivity contribution in [3.63, 3.8) is 0 Å². The minimum absolute atomic E-state index is 0.294. The number of amides is 1. The number of hydrogen-bond acceptors (Lipinski definition) is 4. The quantitative estimate of drug-likeness (QED) is 0.718. The maximum atomic E-state index is 12.4. The van der Waals surface area contributed by atoms with Gasteiger partial charge in [0.2, 0.25) is 5.95 Å². The van der Waals surface area contributed by atoms with Gasteiger partial charge < -0.3 is 10.6 Å². The summed E-state index contributed by atoms with van der Waals surface area (Å²) in [7, 11) is 0. The van der Waals surface area contributed by atoms with Crippen LogP contribution >= 0.6 is 11.6 Å². The Hall–Kier alpha value is -2.92. The van der Waals surface area contributed by atoms with Crippen molar-refractivity contribution < 1.29 is 4.79 Å². The Labute approximate surface area is 151 Å². The number of hydrogen-bond donors (Lipinski definition) is 2. The molecule has 2 N–H and O–H groups in total. The molecule has 3 aromatic rings. The van der Waals surface area contributed by atoms with Crippen molar-refractivity contribution in [2.75, 3.05) is 10.6 Å². The SMILES string of the molecule is Cc1cc(C(=O)Nc2cccc(Cl)c2)nc(NCc2ccccc2)n1. The summed E-state index contributed by atoms with van der Waals surface area (Å²) < 4.78 is 0. The molecule has 3 rings (SSSR count). The molecule has 25 heavy (non-hydrogen) atoms. The third kappa shape index (κ3) is 4.78. The van der Waals surface area contributed by atoms with Gasteiger partial charge in [-0.25, -0.2) is 9.97 Å². The van der Waals surface area contributed by atoms with E-state index in [9.17, 15) is 4.79 Å². The third-order valence-electron chi connectivity index (χ3n) is 3.46. The summed E-state index contributed by atoms with van der Waals surface area (Å²) in [5.41, 5.74) is 2.73. The van der Waals surface area contributed by atoms with Crippen molar-refractivity contribution in [2.24, 2.45) is 0 Å². The van der Waals surface area contributed by atoms with E-state index in [0.29, 0.717) is 34.6 Å². The van der Waals surface area contributed by atoms with Gasteiger partial charge in [0.05, 0.1) is 0 Å². The molecule has 1 amide bonds. The van der Waals surface area contributed by atoms with Crippen molar-refractivity contribution in [1.29, 1.82) is 0 Å². The van der Waals surface area contributed by atoms with E-state index < -0.39 is 0 Å². The zero-order valence-corrected chi connectivity index (χ0v) is 14.4. The van der Waals surface area contributed by atoms with Crippen LogP contribution in [0.3, 0.4) is 0 Å². The average Bonchev–Trinajstić information content (AvgIpc) is 2.60. The van der Waals surface area contributed by atoms with E-state index in [0.717, 1.165) is 5.56 Å². The lowest BCUT2D eigenvalue weighted by Crippen LogP contribution is -2.16. The van der Waals surface area contributed by atoms with E-state index in [1.165, 1.54) is 0 Å². The highest BCUT2D eigenvalue weighted by atomic mass is 35.5. The van der Waals surface area contributed by atoms with Gasteiger partial charge in [0.1, 0.15) is 5.69 Å². The number of nitrogens with zero attached hydrogens (tertiary/aromatic N) is 2. The molecule has 0 saturated carbocycles. The second-order valence-corrected chi connectivity index (χ2v) is 5.96. The fourth-order valence-electron chi connectivity index (χ4n) is 2.30. The Morgan fingerprint density at radius 3 is 2.60 bits per heavy atom. The molecule has 0 aliphatic carbocycles. The van der Waals surface area contributed by atoms with Crippen LogP contribution in [0.2, 0.25) is 5.02 Å². The largest absolute Gasteiger partial charge is 0.350 e. The topological polar surface area (TPSA) is 66.9 Å². The number of carbonyl (C=O) groups is 1. The van der Waals surface area contributed by atoms with E-state index in [-0.39, 0.29) is 5.91 Å². The first-order valence-electron chi connectivity index (χ1n) is 7.80. The molecule has 0 bridgehead atoms. The molecular formula is C19H17ClN4O. The number of halogens is 1. The molecule has 0 saturated heterocycles. The number of rotatable bonds is 5. The van der Waals surface area contributed by atoms with Gasteiger partial charge in [-0.3, -0.25) is 4.79 Å². The van der Waals surface area contributed by atoms with E-state index >= 15 is 0 Å². The lowest BCUT2D eigenvalue weighted by molar-refractivity contribution is 0.102. The van der Waals surface area contributed by atoms with Gasteiger partial charge in [-0.2, -0.15) is 0 Å². The highest BCUT2D eigenvalue weighted by Gasteiger charge is 2.11. The maximum absolute atomic E-state index is 12.4. The minimum atomic E-state index is -0.310. The molecule has 0 radical (unpaired) electrons. The number of nitrogens with one attached hydrogen (secondary N) is 2. The zero-order valence-electron chi connectivity index (χ0n) is 13.7. The van der Waals surface area contributed by atoms with Gasteiger partial charge >= 0.3 is 0 Å². The predicted octanol–water partition coefficient (Wildman–Crippen LogP) is 4.30. The van der Waals surface area contributed by atoms with Crippen molar-refractivity contribution in [3.8, 4) is 0 Å². The Kier molecular flexibility index (Phi) is 5.26. The summed E-state index contributed by atoms with van der Waals surface area (Å²) in [5.74, 6) is 0.107. The maximum Gasteiger partial charge on any atom is 0.274 e. The van der Waals surface area contributed by atoms with E-state index in [2.05, 4.69) is 20.6 Å². The van der Waals surface area contributed by atoms with Crippen LogP contribution in [0.15, 0.2) is 60.7 Å². The highest BCUT2D eigenvalue weighted by Crippen LogP contribution is 2.16. The van der Waals surface area contributed by atoms with Gasteiger partial charge in [-0.15, -0.1) is 0 Å². The van der Waals surface area contributed by atoms with Crippen molar-refractivity contribution in [1.82, 2.24) is 9.97 Å². The van der Waals surface area contributed by atoms with Crippen LogP contribution in [0.1, 0.15) is 21.7 Å². The summed E-state index contributed by atoms with van der Waals surface area (Å²) >= 11 is 5.94. The fourth-order valence-corrected chi connectivity index (χ4v) is 2.49. The van der Waals surface area contributed by atoms with E-state index in [1.807, 2.05) is 37.3 Å². The van der Waals surface area contributed by atoms with Gasteiger partial charge in [-0.05, 0) is 36.8 Å². The summed E-state index contributed by atoms with van der Waals surface area (Å²) in [4.78, 5) is 21.1. The van der Waals surface area contributed by atoms with Crippen LogP contribution in [0.5, 0.6) is 0 Å². The lowest BCUT2D eigenvalue weighted by atomic mass is 10.2. The fraction of sp³-hybridized carbons (Fsp3) is 0.105. The normalized spacial score (nSPS) is 10.3. The molecule has 0 spiro atoms. The zero-order chi connectivity index (χ0) is 17.6. The van der Waals surface area contributed by atoms with Crippen molar-refractivity contribution in [3.05, 3.63) is 82.6 Å². The molecule has 5 nitrogen and oxygen atoms in total. The first-order valence-corrected chi connectivity index (χ1v) is 8.18. The van der Waals surface area contributed by atoms with Crippen LogP contribution in [0, 0.1) is 6.92 Å². The van der Waals surface area contributed by atoms with Crippen molar-refractivity contribution >= 4 is 29.1 Å². The van der Waals surface area contributed by atoms with Crippen LogP contribution < -0.4 is 10.6 Å². The average molecular weight is 353 g/mol. The number of carbonyl (C=O) groups excluding carboxylic acids is 1. The molecule has 0 aliphatic rings. The van der Waals surface area contributed by atoms with Crippen LogP contribution in [0.4, 0.5) is 11.6 Å². The highest BCUT2D eigenvalue weighted by molar-refractivity contribution is 6.30. The number of aryl methyl sites for hydroxylation is 1. The summed E-state index contributed by atoms with van der Waals surface area (Å²) in [6.45, 7) is 2.41. The molecule has 2 aromatic carbocycles. The minimum Gasteiger partial charge on any atom is -0.350 e. The number of aromatic nitrogens is 2. The molecular weight excluding hydrogens is 336 g/mol. The molecule has 6 heteroatoms. The Morgan fingerprint density at radius 1 is 1.04 bits per heavy atom. The Balaban J connectivity index is 1.73. The molecule has 1 heterocycles. The van der Waals surface area contributed by atoms with Gasteiger partial charge in [0.25, 0.3) is 5.91 Å². The number of anilines is 2. The van der Waals surface area contributed by atoms with Crippen LogP contribution in [-0.4, -0.2) is 15.9 Å². The second kappa shape index (κ2) is 7.77. The van der Waals surface area contributed by atoms with Gasteiger partial charge in [0.15, 0.2) is 0 Å². The third-order valence-corrected chi connectivity index (χ3v) is 3.70.